The smallest absolute Gasteiger partial charge is 0.496 e. The normalized spacial score (nSPS) is 12.8. The molecule has 4 N–H and O–H groups in total. The van der Waals surface area contributed by atoms with Crippen molar-refractivity contribution in [2.45, 2.75) is 25.9 Å². The number of aliphatic hydroxyl groups is 2. The second-order valence-electron chi connectivity index (χ2n) is 5.63. The van der Waals surface area contributed by atoms with Crippen LogP contribution < -0.4 is 15.2 Å². The first-order chi connectivity index (χ1) is 12.2. The largest absolute Gasteiger partial charge is 0.573 e. The third kappa shape index (κ3) is 4.27. The lowest BCUT2D eigenvalue weighted by Crippen LogP contribution is -2.17. The van der Waals surface area contributed by atoms with Crippen LogP contribution in [0.15, 0.2) is 30.3 Å². The molecule has 2 rings (SSSR count). The highest BCUT2D eigenvalue weighted by Gasteiger charge is 2.31. The third-order valence-electron chi connectivity index (χ3n) is 3.98. The maximum absolute atomic E-state index is 12.3. The number of ether oxygens (including phenoxy) is 2. The Bertz CT molecular complexity index is 761. The molecule has 0 fully saturated rings. The predicted octanol–water partition coefficient (Wildman–Crippen LogP) is 3.05. The second kappa shape index (κ2) is 7.94. The van der Waals surface area contributed by atoms with E-state index < -0.39 is 19.1 Å². The molecule has 26 heavy (non-hydrogen) atoms. The summed E-state index contributed by atoms with van der Waals surface area (Å²) in [5, 5.41) is 19.4. The Morgan fingerprint density at radius 3 is 2.27 bits per heavy atom. The van der Waals surface area contributed by atoms with Crippen LogP contribution >= 0.6 is 0 Å². The minimum atomic E-state index is -4.75. The summed E-state index contributed by atoms with van der Waals surface area (Å²) in [6.45, 7) is 1.35. The Morgan fingerprint density at radius 1 is 1.19 bits per heavy atom. The van der Waals surface area contributed by atoms with E-state index in [0.717, 1.165) is 0 Å². The molecule has 0 aromatic heterocycles. The van der Waals surface area contributed by atoms with E-state index in [-0.39, 0.29) is 12.3 Å². The lowest BCUT2D eigenvalue weighted by Gasteiger charge is -2.22. The number of aliphatic hydroxyl groups excluding tert-OH is 2. The molecule has 5 nitrogen and oxygen atoms in total. The van der Waals surface area contributed by atoms with Gasteiger partial charge in [-0.05, 0) is 47.4 Å². The van der Waals surface area contributed by atoms with Crippen molar-refractivity contribution >= 4 is 0 Å². The van der Waals surface area contributed by atoms with Crippen molar-refractivity contribution in [3.05, 3.63) is 47.0 Å². The quantitative estimate of drug-likeness (QED) is 0.727. The van der Waals surface area contributed by atoms with E-state index in [0.29, 0.717) is 33.6 Å². The van der Waals surface area contributed by atoms with Gasteiger partial charge in [0.1, 0.15) is 17.6 Å². The Kier molecular flexibility index (Phi) is 6.12. The average molecular weight is 371 g/mol. The fourth-order valence-corrected chi connectivity index (χ4v) is 2.85. The molecule has 0 bridgehead atoms. The van der Waals surface area contributed by atoms with E-state index in [1.807, 2.05) is 0 Å². The number of halogens is 3. The number of hydrogen-bond acceptors (Lipinski definition) is 5. The molecule has 0 aliphatic heterocycles. The second-order valence-corrected chi connectivity index (χ2v) is 5.63. The van der Waals surface area contributed by atoms with Gasteiger partial charge in [0.2, 0.25) is 0 Å². The summed E-state index contributed by atoms with van der Waals surface area (Å²) in [6, 6.07) is 7.14. The van der Waals surface area contributed by atoms with E-state index >= 15 is 0 Å². The van der Waals surface area contributed by atoms with Gasteiger partial charge in [0, 0.05) is 12.1 Å². The molecule has 0 saturated heterocycles. The van der Waals surface area contributed by atoms with Gasteiger partial charge < -0.3 is 25.4 Å². The Hall–Kier alpha value is -2.29. The van der Waals surface area contributed by atoms with Gasteiger partial charge in [-0.1, -0.05) is 12.1 Å². The van der Waals surface area contributed by atoms with Gasteiger partial charge in [-0.3, -0.25) is 0 Å². The van der Waals surface area contributed by atoms with Crippen LogP contribution in [0, 0.1) is 6.92 Å². The van der Waals surface area contributed by atoms with Crippen molar-refractivity contribution in [2.75, 3.05) is 13.7 Å². The highest BCUT2D eigenvalue weighted by atomic mass is 19.4. The first-order valence-electron chi connectivity index (χ1n) is 7.77. The molecular formula is C18H20F3NO4. The molecular weight excluding hydrogens is 351 g/mol. The van der Waals surface area contributed by atoms with Crippen molar-refractivity contribution in [3.63, 3.8) is 0 Å². The number of nitrogens with two attached hydrogens (primary N) is 1. The first kappa shape index (κ1) is 20.0. The van der Waals surface area contributed by atoms with Crippen molar-refractivity contribution in [3.8, 4) is 22.6 Å². The summed E-state index contributed by atoms with van der Waals surface area (Å²) >= 11 is 0. The molecule has 0 amide bonds. The first-order valence-corrected chi connectivity index (χ1v) is 7.77. The van der Waals surface area contributed by atoms with Crippen LogP contribution in [-0.4, -0.2) is 30.3 Å². The molecule has 1 unspecified atom stereocenters. The van der Waals surface area contributed by atoms with E-state index in [4.69, 9.17) is 10.5 Å². The van der Waals surface area contributed by atoms with Crippen LogP contribution in [0.4, 0.5) is 13.2 Å². The van der Waals surface area contributed by atoms with Crippen molar-refractivity contribution in [1.29, 1.82) is 0 Å². The number of rotatable bonds is 6. The molecule has 142 valence electrons. The van der Waals surface area contributed by atoms with Gasteiger partial charge in [0.15, 0.2) is 0 Å². The Labute approximate surface area is 148 Å². The van der Waals surface area contributed by atoms with Crippen LogP contribution in [0.2, 0.25) is 0 Å². The molecule has 0 aliphatic carbocycles. The summed E-state index contributed by atoms with van der Waals surface area (Å²) in [5.41, 5.74) is 8.72. The Balaban J connectivity index is 2.53. The van der Waals surface area contributed by atoms with E-state index in [9.17, 15) is 23.4 Å². The van der Waals surface area contributed by atoms with Crippen molar-refractivity contribution in [2.24, 2.45) is 5.73 Å². The summed E-state index contributed by atoms with van der Waals surface area (Å²) in [5.74, 6) is 0.0531. The third-order valence-corrected chi connectivity index (χ3v) is 3.98. The molecule has 0 aliphatic rings. The fourth-order valence-electron chi connectivity index (χ4n) is 2.85. The molecule has 0 radical (unpaired) electrons. The van der Waals surface area contributed by atoms with Gasteiger partial charge in [0.25, 0.3) is 0 Å². The van der Waals surface area contributed by atoms with Gasteiger partial charge in [-0.2, -0.15) is 0 Å². The predicted molar refractivity (Wildman–Crippen MR) is 89.8 cm³/mol. The minimum Gasteiger partial charge on any atom is -0.496 e. The maximum Gasteiger partial charge on any atom is 0.573 e. The summed E-state index contributed by atoms with van der Waals surface area (Å²) in [7, 11) is 1.43. The molecule has 8 heteroatoms. The molecule has 1 atom stereocenters. The topological polar surface area (TPSA) is 84.9 Å². The average Bonchev–Trinajstić information content (AvgIpc) is 2.60. The Morgan fingerprint density at radius 2 is 1.81 bits per heavy atom. The van der Waals surface area contributed by atoms with Crippen LogP contribution in [-0.2, 0) is 6.54 Å². The van der Waals surface area contributed by atoms with Gasteiger partial charge in [0.05, 0.1) is 13.7 Å². The molecule has 0 heterocycles. The zero-order valence-corrected chi connectivity index (χ0v) is 14.3. The van der Waals surface area contributed by atoms with Crippen LogP contribution in [0.3, 0.4) is 0 Å². The highest BCUT2D eigenvalue weighted by molar-refractivity contribution is 5.73. The van der Waals surface area contributed by atoms with Crippen LogP contribution in [0.1, 0.15) is 22.8 Å². The number of methoxy groups -OCH3 is 1. The molecule has 2 aromatic rings. The van der Waals surface area contributed by atoms with Gasteiger partial charge in [-0.15, -0.1) is 13.2 Å². The lowest BCUT2D eigenvalue weighted by molar-refractivity contribution is -0.274. The van der Waals surface area contributed by atoms with E-state index in [1.54, 1.807) is 13.0 Å². The monoisotopic (exact) mass is 371 g/mol. The standard InChI is InChI=1S/C18H20F3NO4/c1-10-14(11-3-5-13(6-4-11)26-18(19,20)21)7-12(8-22)16(15(24)9-23)17(10)25-2/h3-7,15,23-24H,8-9,22H2,1-2H3. The van der Waals surface area contributed by atoms with Gasteiger partial charge in [-0.25, -0.2) is 0 Å². The summed E-state index contributed by atoms with van der Waals surface area (Å²) < 4.78 is 46.1. The highest BCUT2D eigenvalue weighted by Crippen LogP contribution is 2.39. The molecule has 0 saturated carbocycles. The SMILES string of the molecule is COc1c(C)c(-c2ccc(OC(F)(F)F)cc2)cc(CN)c1C(O)CO. The van der Waals surface area contributed by atoms with Gasteiger partial charge >= 0.3 is 6.36 Å². The van der Waals surface area contributed by atoms with E-state index in [2.05, 4.69) is 4.74 Å². The summed E-state index contributed by atoms with van der Waals surface area (Å²) in [4.78, 5) is 0. The van der Waals surface area contributed by atoms with Crippen molar-refractivity contribution in [1.82, 2.24) is 0 Å². The lowest BCUT2D eigenvalue weighted by atomic mass is 9.91. The van der Waals surface area contributed by atoms with Crippen LogP contribution in [0.5, 0.6) is 11.5 Å². The molecule has 2 aromatic carbocycles. The molecule has 0 spiro atoms. The maximum atomic E-state index is 12.3. The van der Waals surface area contributed by atoms with Crippen LogP contribution in [0.25, 0.3) is 11.1 Å². The number of hydrogen-bond donors (Lipinski definition) is 3. The van der Waals surface area contributed by atoms with E-state index in [1.165, 1.54) is 31.4 Å². The summed E-state index contributed by atoms with van der Waals surface area (Å²) in [6.07, 6.45) is -5.91. The number of benzene rings is 2. The van der Waals surface area contributed by atoms with Crippen molar-refractivity contribution < 1.29 is 32.9 Å². The zero-order valence-electron chi connectivity index (χ0n) is 14.3. The minimum absolute atomic E-state index is 0.0886. The fraction of sp³-hybridized carbons (Fsp3) is 0.333. The zero-order chi connectivity index (χ0) is 19.5. The number of alkyl halides is 3.